The SMILES string of the molecule is CC(=O)Nc1ccc(C2(NC(=O)O)CC2c2ccccc2)cc1. The van der Waals surface area contributed by atoms with E-state index in [1.165, 1.54) is 6.92 Å². The summed E-state index contributed by atoms with van der Waals surface area (Å²) in [5.74, 6) is -0.0175. The molecule has 5 nitrogen and oxygen atoms in total. The Kier molecular flexibility index (Phi) is 3.78. The van der Waals surface area contributed by atoms with Crippen molar-refractivity contribution < 1.29 is 14.7 Å². The zero-order chi connectivity index (χ0) is 16.4. The van der Waals surface area contributed by atoms with Gasteiger partial charge in [0.25, 0.3) is 0 Å². The summed E-state index contributed by atoms with van der Waals surface area (Å²) in [6.45, 7) is 1.45. The molecule has 1 aliphatic carbocycles. The Morgan fingerprint density at radius 3 is 2.30 bits per heavy atom. The summed E-state index contributed by atoms with van der Waals surface area (Å²) in [5, 5.41) is 14.6. The first kappa shape index (κ1) is 15.1. The molecule has 5 heteroatoms. The van der Waals surface area contributed by atoms with Gasteiger partial charge in [0.1, 0.15) is 0 Å². The average Bonchev–Trinajstić information content (AvgIpc) is 3.23. The molecule has 1 aliphatic rings. The van der Waals surface area contributed by atoms with Gasteiger partial charge in [0.2, 0.25) is 5.91 Å². The number of hydrogen-bond acceptors (Lipinski definition) is 2. The van der Waals surface area contributed by atoms with Crippen molar-refractivity contribution in [2.24, 2.45) is 0 Å². The Hall–Kier alpha value is -2.82. The lowest BCUT2D eigenvalue weighted by Crippen LogP contribution is -2.35. The zero-order valence-electron chi connectivity index (χ0n) is 12.7. The van der Waals surface area contributed by atoms with Crippen LogP contribution in [-0.2, 0) is 10.3 Å². The third-order valence-corrected chi connectivity index (χ3v) is 4.21. The Morgan fingerprint density at radius 2 is 1.74 bits per heavy atom. The number of anilines is 1. The van der Waals surface area contributed by atoms with E-state index in [0.717, 1.165) is 17.5 Å². The van der Waals surface area contributed by atoms with Crippen molar-refractivity contribution in [1.29, 1.82) is 0 Å². The highest BCUT2D eigenvalue weighted by atomic mass is 16.4. The smallest absolute Gasteiger partial charge is 0.405 e. The fourth-order valence-electron chi connectivity index (χ4n) is 3.13. The Bertz CT molecular complexity index is 728. The van der Waals surface area contributed by atoms with E-state index in [0.29, 0.717) is 5.69 Å². The van der Waals surface area contributed by atoms with Crippen LogP contribution in [0.2, 0.25) is 0 Å². The molecular formula is C18H18N2O3. The number of carbonyl (C=O) groups excluding carboxylic acids is 1. The molecule has 0 bridgehead atoms. The molecule has 0 heterocycles. The number of carboxylic acid groups (broad SMARTS) is 1. The Labute approximate surface area is 134 Å². The first-order valence-corrected chi connectivity index (χ1v) is 7.45. The summed E-state index contributed by atoms with van der Waals surface area (Å²) in [5.41, 5.74) is 2.13. The van der Waals surface area contributed by atoms with E-state index >= 15 is 0 Å². The summed E-state index contributed by atoms with van der Waals surface area (Å²) in [7, 11) is 0. The third-order valence-electron chi connectivity index (χ3n) is 4.21. The minimum atomic E-state index is -1.03. The second kappa shape index (κ2) is 5.76. The lowest BCUT2D eigenvalue weighted by Gasteiger charge is -2.19. The van der Waals surface area contributed by atoms with Gasteiger partial charge in [-0.1, -0.05) is 42.5 Å². The molecule has 0 spiro atoms. The van der Waals surface area contributed by atoms with Crippen LogP contribution in [0.4, 0.5) is 10.5 Å². The second-order valence-electron chi connectivity index (χ2n) is 5.83. The van der Waals surface area contributed by atoms with Gasteiger partial charge in [0, 0.05) is 18.5 Å². The summed E-state index contributed by atoms with van der Waals surface area (Å²) >= 11 is 0. The van der Waals surface area contributed by atoms with Gasteiger partial charge in [0.05, 0.1) is 5.54 Å². The predicted octanol–water partition coefficient (Wildman–Crippen LogP) is 3.30. The highest BCUT2D eigenvalue weighted by Crippen LogP contribution is 2.58. The van der Waals surface area contributed by atoms with Crippen LogP contribution >= 0.6 is 0 Å². The summed E-state index contributed by atoms with van der Waals surface area (Å²) in [4.78, 5) is 22.3. The van der Waals surface area contributed by atoms with Crippen molar-refractivity contribution in [2.45, 2.75) is 24.8 Å². The van der Waals surface area contributed by atoms with Crippen molar-refractivity contribution in [2.75, 3.05) is 5.32 Å². The second-order valence-corrected chi connectivity index (χ2v) is 5.83. The van der Waals surface area contributed by atoms with Crippen LogP contribution in [-0.4, -0.2) is 17.1 Å². The summed E-state index contributed by atoms with van der Waals surface area (Å²) < 4.78 is 0. The van der Waals surface area contributed by atoms with E-state index in [2.05, 4.69) is 10.6 Å². The molecule has 2 amide bonds. The van der Waals surface area contributed by atoms with Crippen LogP contribution in [0.25, 0.3) is 0 Å². The molecule has 1 saturated carbocycles. The highest BCUT2D eigenvalue weighted by Gasteiger charge is 2.57. The van der Waals surface area contributed by atoms with Crippen LogP contribution in [0.1, 0.15) is 30.4 Å². The molecule has 2 aromatic carbocycles. The van der Waals surface area contributed by atoms with E-state index in [4.69, 9.17) is 0 Å². The lowest BCUT2D eigenvalue weighted by molar-refractivity contribution is -0.114. The first-order chi connectivity index (χ1) is 11.0. The van der Waals surface area contributed by atoms with Gasteiger partial charge in [-0.25, -0.2) is 4.79 Å². The molecule has 0 radical (unpaired) electrons. The van der Waals surface area contributed by atoms with Crippen molar-refractivity contribution in [3.63, 3.8) is 0 Å². The molecule has 1 fully saturated rings. The van der Waals surface area contributed by atoms with Crippen molar-refractivity contribution in [1.82, 2.24) is 5.32 Å². The highest BCUT2D eigenvalue weighted by molar-refractivity contribution is 5.88. The van der Waals surface area contributed by atoms with E-state index < -0.39 is 11.6 Å². The number of rotatable bonds is 4. The Morgan fingerprint density at radius 1 is 1.09 bits per heavy atom. The molecule has 3 N–H and O–H groups in total. The van der Waals surface area contributed by atoms with E-state index in [-0.39, 0.29) is 11.8 Å². The normalized spacial score (nSPS) is 22.2. The zero-order valence-corrected chi connectivity index (χ0v) is 12.7. The van der Waals surface area contributed by atoms with Gasteiger partial charge in [-0.05, 0) is 29.7 Å². The standard InChI is InChI=1S/C18H18N2O3/c1-12(21)19-15-9-7-14(8-10-15)18(20-17(22)23)11-16(18)13-5-3-2-4-6-13/h2-10,16,20H,11H2,1H3,(H,19,21)(H,22,23). The van der Waals surface area contributed by atoms with E-state index in [9.17, 15) is 14.7 Å². The number of amides is 2. The number of hydrogen-bond donors (Lipinski definition) is 3. The fraction of sp³-hybridized carbons (Fsp3) is 0.222. The molecule has 0 aliphatic heterocycles. The minimum Gasteiger partial charge on any atom is -0.465 e. The van der Waals surface area contributed by atoms with Crippen LogP contribution < -0.4 is 10.6 Å². The van der Waals surface area contributed by atoms with Crippen LogP contribution in [0.5, 0.6) is 0 Å². The first-order valence-electron chi connectivity index (χ1n) is 7.45. The minimum absolute atomic E-state index is 0.117. The van der Waals surface area contributed by atoms with Crippen LogP contribution in [0, 0.1) is 0 Å². The Balaban J connectivity index is 1.89. The number of nitrogens with one attached hydrogen (secondary N) is 2. The van der Waals surface area contributed by atoms with Gasteiger partial charge >= 0.3 is 6.09 Å². The molecule has 0 aromatic heterocycles. The number of carbonyl (C=O) groups is 2. The monoisotopic (exact) mass is 310 g/mol. The maximum absolute atomic E-state index is 11.2. The quantitative estimate of drug-likeness (QED) is 0.811. The summed E-state index contributed by atoms with van der Waals surface area (Å²) in [6.07, 6.45) is -0.308. The predicted molar refractivity (Wildman–Crippen MR) is 87.4 cm³/mol. The van der Waals surface area contributed by atoms with Crippen LogP contribution in [0.15, 0.2) is 54.6 Å². The lowest BCUT2D eigenvalue weighted by atomic mass is 9.98. The van der Waals surface area contributed by atoms with Crippen molar-refractivity contribution >= 4 is 17.7 Å². The van der Waals surface area contributed by atoms with Crippen molar-refractivity contribution in [3.05, 3.63) is 65.7 Å². The molecule has 0 saturated heterocycles. The van der Waals surface area contributed by atoms with Gasteiger partial charge < -0.3 is 15.7 Å². The molecule has 3 rings (SSSR count). The fourth-order valence-corrected chi connectivity index (χ4v) is 3.13. The van der Waals surface area contributed by atoms with Crippen LogP contribution in [0.3, 0.4) is 0 Å². The van der Waals surface area contributed by atoms with E-state index in [1.807, 2.05) is 42.5 Å². The topological polar surface area (TPSA) is 78.4 Å². The maximum Gasteiger partial charge on any atom is 0.405 e. The largest absolute Gasteiger partial charge is 0.465 e. The molecule has 118 valence electrons. The molecule has 2 aromatic rings. The van der Waals surface area contributed by atoms with Gasteiger partial charge in [-0.15, -0.1) is 0 Å². The van der Waals surface area contributed by atoms with Gasteiger partial charge in [0.15, 0.2) is 0 Å². The maximum atomic E-state index is 11.2. The van der Waals surface area contributed by atoms with Gasteiger partial charge in [-0.2, -0.15) is 0 Å². The molecular weight excluding hydrogens is 292 g/mol. The molecule has 2 unspecified atom stereocenters. The average molecular weight is 310 g/mol. The molecule has 23 heavy (non-hydrogen) atoms. The van der Waals surface area contributed by atoms with Crippen molar-refractivity contribution in [3.8, 4) is 0 Å². The molecule has 2 atom stereocenters. The third kappa shape index (κ3) is 3.04. The van der Waals surface area contributed by atoms with Gasteiger partial charge in [-0.3, -0.25) is 4.79 Å². The number of benzene rings is 2. The summed E-state index contributed by atoms with van der Waals surface area (Å²) in [6, 6.07) is 17.2. The van der Waals surface area contributed by atoms with E-state index in [1.54, 1.807) is 12.1 Å².